The van der Waals surface area contributed by atoms with Crippen molar-refractivity contribution in [2.24, 2.45) is 5.73 Å². The zero-order valence-corrected chi connectivity index (χ0v) is 10.1. The molecule has 2 heterocycles. The van der Waals surface area contributed by atoms with Crippen molar-refractivity contribution >= 4 is 11.3 Å². The van der Waals surface area contributed by atoms with Crippen LogP contribution in [0.1, 0.15) is 30.0 Å². The summed E-state index contributed by atoms with van der Waals surface area (Å²) in [6, 6.07) is 0. The minimum atomic E-state index is 0.668. The van der Waals surface area contributed by atoms with E-state index in [2.05, 4.69) is 22.2 Å². The van der Waals surface area contributed by atoms with Gasteiger partial charge in [-0.25, -0.2) is 4.98 Å². The van der Waals surface area contributed by atoms with E-state index in [9.17, 15) is 0 Å². The number of thiazole rings is 1. The molecule has 0 aliphatic carbocycles. The molecule has 1 saturated heterocycles. The molecule has 0 amide bonds. The third-order valence-corrected chi connectivity index (χ3v) is 4.09. The molecule has 4 heteroatoms. The molecule has 1 atom stereocenters. The van der Waals surface area contributed by atoms with Crippen molar-refractivity contribution in [3.05, 3.63) is 16.1 Å². The molecule has 1 fully saturated rings. The fourth-order valence-electron chi connectivity index (χ4n) is 2.09. The summed E-state index contributed by atoms with van der Waals surface area (Å²) in [7, 11) is 0. The van der Waals surface area contributed by atoms with Gasteiger partial charge in [0.2, 0.25) is 0 Å². The minimum Gasteiger partial charge on any atom is -0.330 e. The SMILES string of the molecule is CCN1CCC(c2nc(CCN)cs2)C1. The maximum Gasteiger partial charge on any atom is 0.0972 e. The zero-order valence-electron chi connectivity index (χ0n) is 9.28. The Balaban J connectivity index is 1.97. The molecule has 0 spiro atoms. The van der Waals surface area contributed by atoms with Gasteiger partial charge in [0.1, 0.15) is 0 Å². The summed E-state index contributed by atoms with van der Waals surface area (Å²) in [5.74, 6) is 0.668. The largest absolute Gasteiger partial charge is 0.330 e. The molecule has 1 aromatic rings. The van der Waals surface area contributed by atoms with Crippen LogP contribution < -0.4 is 5.73 Å². The van der Waals surface area contributed by atoms with Gasteiger partial charge >= 0.3 is 0 Å². The first-order valence-electron chi connectivity index (χ1n) is 5.70. The third-order valence-electron chi connectivity index (χ3n) is 3.04. The summed E-state index contributed by atoms with van der Waals surface area (Å²) in [5.41, 5.74) is 6.70. The number of likely N-dealkylation sites (tertiary alicyclic amines) is 1. The smallest absolute Gasteiger partial charge is 0.0972 e. The number of hydrogen-bond acceptors (Lipinski definition) is 4. The van der Waals surface area contributed by atoms with Crippen LogP contribution in [0.4, 0.5) is 0 Å². The number of rotatable bonds is 4. The summed E-state index contributed by atoms with van der Waals surface area (Å²) in [4.78, 5) is 7.16. The van der Waals surface area contributed by atoms with Crippen molar-refractivity contribution in [1.82, 2.24) is 9.88 Å². The molecule has 1 aliphatic heterocycles. The van der Waals surface area contributed by atoms with E-state index in [0.29, 0.717) is 12.5 Å². The van der Waals surface area contributed by atoms with Gasteiger partial charge in [-0.15, -0.1) is 11.3 Å². The van der Waals surface area contributed by atoms with Crippen molar-refractivity contribution in [2.75, 3.05) is 26.2 Å². The van der Waals surface area contributed by atoms with E-state index in [4.69, 9.17) is 5.73 Å². The van der Waals surface area contributed by atoms with Crippen LogP contribution in [0.5, 0.6) is 0 Å². The molecule has 15 heavy (non-hydrogen) atoms. The lowest BCUT2D eigenvalue weighted by Gasteiger charge is -2.11. The normalized spacial score (nSPS) is 22.4. The van der Waals surface area contributed by atoms with Gasteiger partial charge in [-0.3, -0.25) is 0 Å². The van der Waals surface area contributed by atoms with Gasteiger partial charge in [0.25, 0.3) is 0 Å². The first-order valence-corrected chi connectivity index (χ1v) is 6.58. The van der Waals surface area contributed by atoms with Crippen LogP contribution >= 0.6 is 11.3 Å². The summed E-state index contributed by atoms with van der Waals surface area (Å²) in [6.07, 6.45) is 2.18. The van der Waals surface area contributed by atoms with Crippen molar-refractivity contribution in [3.63, 3.8) is 0 Å². The molecule has 3 nitrogen and oxygen atoms in total. The van der Waals surface area contributed by atoms with Crippen molar-refractivity contribution in [3.8, 4) is 0 Å². The third kappa shape index (κ3) is 2.56. The fraction of sp³-hybridized carbons (Fsp3) is 0.727. The van der Waals surface area contributed by atoms with E-state index in [1.807, 2.05) is 0 Å². The Bertz CT molecular complexity index is 311. The summed E-state index contributed by atoms with van der Waals surface area (Å²) in [5, 5.41) is 3.48. The summed E-state index contributed by atoms with van der Waals surface area (Å²) in [6.45, 7) is 6.51. The number of aromatic nitrogens is 1. The number of nitrogens with zero attached hydrogens (tertiary/aromatic N) is 2. The quantitative estimate of drug-likeness (QED) is 0.843. The molecule has 84 valence electrons. The molecular weight excluding hydrogens is 206 g/mol. The Morgan fingerprint density at radius 2 is 2.53 bits per heavy atom. The maximum atomic E-state index is 5.52. The van der Waals surface area contributed by atoms with Gasteiger partial charge in [-0.1, -0.05) is 6.92 Å². The van der Waals surface area contributed by atoms with E-state index >= 15 is 0 Å². The van der Waals surface area contributed by atoms with Crippen LogP contribution in [0.2, 0.25) is 0 Å². The van der Waals surface area contributed by atoms with Crippen LogP contribution in [-0.4, -0.2) is 36.1 Å². The highest BCUT2D eigenvalue weighted by Gasteiger charge is 2.24. The Labute approximate surface area is 95.3 Å². The van der Waals surface area contributed by atoms with Gasteiger partial charge in [-0.05, 0) is 26.1 Å². The molecule has 1 aliphatic rings. The van der Waals surface area contributed by atoms with E-state index in [-0.39, 0.29) is 0 Å². The Hall–Kier alpha value is -0.450. The molecule has 1 unspecified atom stereocenters. The second-order valence-electron chi connectivity index (χ2n) is 4.09. The van der Waals surface area contributed by atoms with Crippen LogP contribution in [0.3, 0.4) is 0 Å². The monoisotopic (exact) mass is 225 g/mol. The van der Waals surface area contributed by atoms with Gasteiger partial charge < -0.3 is 10.6 Å². The highest BCUT2D eigenvalue weighted by molar-refractivity contribution is 7.09. The van der Waals surface area contributed by atoms with Crippen molar-refractivity contribution < 1.29 is 0 Å². The zero-order chi connectivity index (χ0) is 10.7. The maximum absolute atomic E-state index is 5.52. The molecule has 2 rings (SSSR count). The minimum absolute atomic E-state index is 0.668. The highest BCUT2D eigenvalue weighted by Crippen LogP contribution is 2.29. The highest BCUT2D eigenvalue weighted by atomic mass is 32.1. The van der Waals surface area contributed by atoms with Crippen LogP contribution in [0, 0.1) is 0 Å². The van der Waals surface area contributed by atoms with E-state index in [1.54, 1.807) is 11.3 Å². The summed E-state index contributed by atoms with van der Waals surface area (Å²) < 4.78 is 0. The predicted octanol–water partition coefficient (Wildman–Crippen LogP) is 1.45. The average Bonchev–Trinajstić information content (AvgIpc) is 2.85. The number of nitrogens with two attached hydrogens (primary N) is 1. The van der Waals surface area contributed by atoms with Crippen LogP contribution in [0.25, 0.3) is 0 Å². The molecule has 0 aromatic carbocycles. The molecular formula is C11H19N3S. The number of hydrogen-bond donors (Lipinski definition) is 1. The first kappa shape index (κ1) is 11.0. The Kier molecular flexibility index (Phi) is 3.72. The molecule has 1 aromatic heterocycles. The van der Waals surface area contributed by atoms with Gasteiger partial charge in [0, 0.05) is 24.3 Å². The Morgan fingerprint density at radius 3 is 3.20 bits per heavy atom. The molecule has 0 bridgehead atoms. The van der Waals surface area contributed by atoms with E-state index < -0.39 is 0 Å². The molecule has 0 saturated carbocycles. The van der Waals surface area contributed by atoms with Gasteiger partial charge in [0.05, 0.1) is 10.7 Å². The topological polar surface area (TPSA) is 42.2 Å². The average molecular weight is 225 g/mol. The molecule has 0 radical (unpaired) electrons. The summed E-state index contributed by atoms with van der Waals surface area (Å²) >= 11 is 1.81. The molecule has 2 N–H and O–H groups in total. The predicted molar refractivity (Wildman–Crippen MR) is 64.3 cm³/mol. The van der Waals surface area contributed by atoms with Crippen molar-refractivity contribution in [2.45, 2.75) is 25.7 Å². The van der Waals surface area contributed by atoms with Crippen LogP contribution in [0.15, 0.2) is 5.38 Å². The standard InChI is InChI=1S/C11H19N3S/c1-2-14-6-4-9(7-14)11-13-10(3-5-12)8-15-11/h8-9H,2-7,12H2,1H3. The fourth-order valence-corrected chi connectivity index (χ4v) is 3.08. The van der Waals surface area contributed by atoms with Crippen molar-refractivity contribution in [1.29, 1.82) is 0 Å². The lowest BCUT2D eigenvalue weighted by atomic mass is 10.1. The van der Waals surface area contributed by atoms with Gasteiger partial charge in [-0.2, -0.15) is 0 Å². The van der Waals surface area contributed by atoms with E-state index in [0.717, 1.165) is 13.0 Å². The number of likely N-dealkylation sites (N-methyl/N-ethyl adjacent to an activating group) is 1. The second-order valence-corrected chi connectivity index (χ2v) is 4.98. The lowest BCUT2D eigenvalue weighted by Crippen LogP contribution is -2.19. The first-order chi connectivity index (χ1) is 7.33. The Morgan fingerprint density at radius 1 is 1.67 bits per heavy atom. The van der Waals surface area contributed by atoms with E-state index in [1.165, 1.54) is 30.2 Å². The lowest BCUT2D eigenvalue weighted by molar-refractivity contribution is 0.354. The second kappa shape index (κ2) is 5.05. The van der Waals surface area contributed by atoms with Gasteiger partial charge in [0.15, 0.2) is 0 Å². The van der Waals surface area contributed by atoms with Crippen LogP contribution in [-0.2, 0) is 6.42 Å².